The maximum atomic E-state index is 11.4. The summed E-state index contributed by atoms with van der Waals surface area (Å²) in [6.07, 6.45) is 3.93. The lowest BCUT2D eigenvalue weighted by molar-refractivity contribution is 0.0946. The fourth-order valence-electron chi connectivity index (χ4n) is 1.09. The van der Waals surface area contributed by atoms with E-state index in [-0.39, 0.29) is 5.91 Å². The largest absolute Gasteiger partial charge is 0.348 e. The number of hydrogen-bond donors (Lipinski definition) is 1. The van der Waals surface area contributed by atoms with E-state index >= 15 is 0 Å². The lowest BCUT2D eigenvalue weighted by Gasteiger charge is -2.01. The molecule has 3 heteroatoms. The van der Waals surface area contributed by atoms with Crippen LogP contribution in [0.1, 0.15) is 56.6 Å². The number of carbonyl (C=O) groups excluding carboxylic acids is 1. The van der Waals surface area contributed by atoms with E-state index in [1.807, 2.05) is 40.7 Å². The van der Waals surface area contributed by atoms with Crippen LogP contribution in [0.2, 0.25) is 0 Å². The molecule has 17 heavy (non-hydrogen) atoms. The molecule has 1 saturated carbocycles. The van der Waals surface area contributed by atoms with Gasteiger partial charge in [0, 0.05) is 12.2 Å². The maximum Gasteiger partial charge on any atom is 0.270 e. The monoisotopic (exact) mass is 236 g/mol. The number of hydrogen-bond acceptors (Lipinski definition) is 2. The average molecular weight is 236 g/mol. The smallest absolute Gasteiger partial charge is 0.270 e. The van der Waals surface area contributed by atoms with Crippen molar-refractivity contribution in [2.45, 2.75) is 53.5 Å². The average Bonchev–Trinajstić information content (AvgIpc) is 3.19. The molecule has 0 aliphatic heterocycles. The van der Waals surface area contributed by atoms with Gasteiger partial charge in [-0.1, -0.05) is 33.8 Å². The third kappa shape index (κ3) is 6.05. The van der Waals surface area contributed by atoms with Crippen LogP contribution >= 0.6 is 0 Å². The second kappa shape index (κ2) is 8.74. The van der Waals surface area contributed by atoms with Gasteiger partial charge < -0.3 is 5.32 Å². The van der Waals surface area contributed by atoms with Crippen molar-refractivity contribution >= 4 is 5.91 Å². The van der Waals surface area contributed by atoms with Gasteiger partial charge in [0.2, 0.25) is 0 Å². The summed E-state index contributed by atoms with van der Waals surface area (Å²) in [4.78, 5) is 15.5. The molecule has 0 bridgehead atoms. The Bertz CT molecular complexity index is 315. The summed E-state index contributed by atoms with van der Waals surface area (Å²) < 4.78 is 0. The highest BCUT2D eigenvalue weighted by molar-refractivity contribution is 5.92. The second-order valence-electron chi connectivity index (χ2n) is 3.47. The minimum atomic E-state index is -0.0532. The Kier molecular flexibility index (Phi) is 8.03. The third-order valence-corrected chi connectivity index (χ3v) is 2.06. The van der Waals surface area contributed by atoms with Gasteiger partial charge in [0.05, 0.1) is 0 Å². The van der Waals surface area contributed by atoms with Crippen molar-refractivity contribution in [3.05, 3.63) is 29.6 Å². The van der Waals surface area contributed by atoms with Crippen LogP contribution in [-0.4, -0.2) is 16.9 Å². The molecular formula is C14H24N2O. The highest BCUT2D eigenvalue weighted by atomic mass is 16.2. The molecule has 96 valence electrons. The standard InChI is InChI=1S/C10H12N2O.2C2H6/c1-7-2-5-9(11-6-7)10(13)12-8-3-4-8;2*1-2/h2,5-6,8H,3-4H2,1H3,(H,12,13);2*1-2H3. The predicted octanol–water partition coefficient (Wildman–Crippen LogP) is 3.33. The zero-order valence-corrected chi connectivity index (χ0v) is 11.6. The molecule has 1 aromatic rings. The van der Waals surface area contributed by atoms with Gasteiger partial charge in [0.25, 0.3) is 5.91 Å². The molecular weight excluding hydrogens is 212 g/mol. The quantitative estimate of drug-likeness (QED) is 0.855. The zero-order chi connectivity index (χ0) is 13.3. The highest BCUT2D eigenvalue weighted by Crippen LogP contribution is 2.18. The SMILES string of the molecule is CC.CC.Cc1ccc(C(=O)NC2CC2)nc1. The Hall–Kier alpha value is -1.38. The molecule has 1 amide bonds. The number of aryl methyl sites for hydroxylation is 1. The van der Waals surface area contributed by atoms with Crippen LogP contribution < -0.4 is 5.32 Å². The number of aromatic nitrogens is 1. The second-order valence-corrected chi connectivity index (χ2v) is 3.47. The van der Waals surface area contributed by atoms with Gasteiger partial charge in [0.1, 0.15) is 5.69 Å². The van der Waals surface area contributed by atoms with Crippen LogP contribution in [0, 0.1) is 6.92 Å². The minimum Gasteiger partial charge on any atom is -0.348 e. The lowest BCUT2D eigenvalue weighted by atomic mass is 10.2. The van der Waals surface area contributed by atoms with E-state index in [4.69, 9.17) is 0 Å². The molecule has 0 atom stereocenters. The molecule has 0 unspecified atom stereocenters. The molecule has 2 rings (SSSR count). The molecule has 0 aromatic carbocycles. The normalized spacial score (nSPS) is 12.5. The number of nitrogens with one attached hydrogen (secondary N) is 1. The fraction of sp³-hybridized carbons (Fsp3) is 0.571. The topological polar surface area (TPSA) is 42.0 Å². The van der Waals surface area contributed by atoms with Crippen molar-refractivity contribution < 1.29 is 4.79 Å². The third-order valence-electron chi connectivity index (χ3n) is 2.06. The van der Waals surface area contributed by atoms with Crippen molar-refractivity contribution in [2.24, 2.45) is 0 Å². The Balaban J connectivity index is 0.000000581. The van der Waals surface area contributed by atoms with E-state index in [1.54, 1.807) is 12.3 Å². The van der Waals surface area contributed by atoms with Gasteiger partial charge in [-0.15, -0.1) is 0 Å². The Morgan fingerprint density at radius 3 is 2.24 bits per heavy atom. The Morgan fingerprint density at radius 2 is 1.82 bits per heavy atom. The van der Waals surface area contributed by atoms with E-state index in [1.165, 1.54) is 0 Å². The molecule has 0 saturated heterocycles. The molecule has 3 nitrogen and oxygen atoms in total. The van der Waals surface area contributed by atoms with Gasteiger partial charge in [-0.2, -0.15) is 0 Å². The number of amides is 1. The maximum absolute atomic E-state index is 11.4. The van der Waals surface area contributed by atoms with E-state index in [2.05, 4.69) is 10.3 Å². The van der Waals surface area contributed by atoms with E-state index in [0.29, 0.717) is 11.7 Å². The first-order chi connectivity index (χ1) is 8.25. The first kappa shape index (κ1) is 15.6. The molecule has 1 fully saturated rings. The molecule has 0 spiro atoms. The number of nitrogens with zero attached hydrogens (tertiary/aromatic N) is 1. The highest BCUT2D eigenvalue weighted by Gasteiger charge is 2.23. The Labute approximate surface area is 105 Å². The number of pyridine rings is 1. The molecule has 1 N–H and O–H groups in total. The van der Waals surface area contributed by atoms with Crippen LogP contribution in [0.3, 0.4) is 0 Å². The summed E-state index contributed by atoms with van der Waals surface area (Å²) in [6, 6.07) is 4.05. The van der Waals surface area contributed by atoms with Gasteiger partial charge >= 0.3 is 0 Å². The van der Waals surface area contributed by atoms with Crippen molar-refractivity contribution in [1.29, 1.82) is 0 Å². The first-order valence-corrected chi connectivity index (χ1v) is 6.49. The van der Waals surface area contributed by atoms with Crippen molar-refractivity contribution in [2.75, 3.05) is 0 Å². The summed E-state index contributed by atoms with van der Waals surface area (Å²) in [5, 5.41) is 2.89. The van der Waals surface area contributed by atoms with Gasteiger partial charge in [0.15, 0.2) is 0 Å². The zero-order valence-electron chi connectivity index (χ0n) is 11.6. The summed E-state index contributed by atoms with van der Waals surface area (Å²) in [7, 11) is 0. The van der Waals surface area contributed by atoms with Crippen molar-refractivity contribution in [1.82, 2.24) is 10.3 Å². The van der Waals surface area contributed by atoms with E-state index < -0.39 is 0 Å². The molecule has 1 heterocycles. The van der Waals surface area contributed by atoms with Gasteiger partial charge in [-0.05, 0) is 31.4 Å². The number of rotatable bonds is 2. The summed E-state index contributed by atoms with van der Waals surface area (Å²) in [6.45, 7) is 9.95. The van der Waals surface area contributed by atoms with Crippen LogP contribution in [0.4, 0.5) is 0 Å². The fourth-order valence-corrected chi connectivity index (χ4v) is 1.09. The molecule has 0 radical (unpaired) electrons. The number of carbonyl (C=O) groups is 1. The van der Waals surface area contributed by atoms with E-state index in [9.17, 15) is 4.79 Å². The van der Waals surface area contributed by atoms with Crippen LogP contribution in [0.15, 0.2) is 18.3 Å². The van der Waals surface area contributed by atoms with Crippen molar-refractivity contribution in [3.8, 4) is 0 Å². The molecule has 1 aliphatic rings. The van der Waals surface area contributed by atoms with E-state index in [0.717, 1.165) is 18.4 Å². The molecule has 1 aromatic heterocycles. The lowest BCUT2D eigenvalue weighted by Crippen LogP contribution is -2.26. The van der Waals surface area contributed by atoms with Crippen LogP contribution in [-0.2, 0) is 0 Å². The Morgan fingerprint density at radius 1 is 1.24 bits per heavy atom. The summed E-state index contributed by atoms with van der Waals surface area (Å²) >= 11 is 0. The van der Waals surface area contributed by atoms with Gasteiger partial charge in [-0.3, -0.25) is 9.78 Å². The van der Waals surface area contributed by atoms with Crippen LogP contribution in [0.5, 0.6) is 0 Å². The van der Waals surface area contributed by atoms with Crippen molar-refractivity contribution in [3.63, 3.8) is 0 Å². The summed E-state index contributed by atoms with van der Waals surface area (Å²) in [5.74, 6) is -0.0532. The summed E-state index contributed by atoms with van der Waals surface area (Å²) in [5.41, 5.74) is 1.58. The first-order valence-electron chi connectivity index (χ1n) is 6.49. The van der Waals surface area contributed by atoms with Crippen LogP contribution in [0.25, 0.3) is 0 Å². The minimum absolute atomic E-state index is 0.0532. The van der Waals surface area contributed by atoms with Gasteiger partial charge in [-0.25, -0.2) is 0 Å². The molecule has 1 aliphatic carbocycles. The predicted molar refractivity (Wildman–Crippen MR) is 72.2 cm³/mol.